The molecule has 1 heterocycles. The van der Waals surface area contributed by atoms with Crippen LogP contribution >= 0.6 is 0 Å². The predicted molar refractivity (Wildman–Crippen MR) is 52.6 cm³/mol. The topological polar surface area (TPSA) is 50.1 Å². The fraction of sp³-hybridized carbons (Fsp3) is 0.667. The van der Waals surface area contributed by atoms with E-state index in [0.29, 0.717) is 11.9 Å². The maximum atomic E-state index is 5.11. The molecular formula is C9H17N3O. The van der Waals surface area contributed by atoms with Gasteiger partial charge in [0.1, 0.15) is 6.26 Å². The molecule has 0 fully saturated rings. The van der Waals surface area contributed by atoms with Crippen molar-refractivity contribution < 1.29 is 4.42 Å². The summed E-state index contributed by atoms with van der Waals surface area (Å²) in [4.78, 5) is 4.19. The molecule has 1 rings (SSSR count). The van der Waals surface area contributed by atoms with Gasteiger partial charge in [-0.05, 0) is 12.5 Å². The van der Waals surface area contributed by atoms with E-state index >= 15 is 0 Å². The van der Waals surface area contributed by atoms with Gasteiger partial charge in [-0.25, -0.2) is 0 Å². The van der Waals surface area contributed by atoms with Gasteiger partial charge in [0.15, 0.2) is 0 Å². The van der Waals surface area contributed by atoms with Gasteiger partial charge in [-0.1, -0.05) is 13.8 Å². The molecule has 0 unspecified atom stereocenters. The first-order chi connectivity index (χ1) is 6.22. The monoisotopic (exact) mass is 183 g/mol. The predicted octanol–water partition coefficient (Wildman–Crippen LogP) is 1.46. The minimum Gasteiger partial charge on any atom is -0.432 e. The summed E-state index contributed by atoms with van der Waals surface area (Å²) in [6.07, 6.45) is 1.67. The Morgan fingerprint density at radius 1 is 1.54 bits per heavy atom. The summed E-state index contributed by atoms with van der Waals surface area (Å²) < 4.78 is 5.11. The van der Waals surface area contributed by atoms with Crippen LogP contribution in [-0.2, 0) is 6.54 Å². The van der Waals surface area contributed by atoms with Crippen molar-refractivity contribution in [2.24, 2.45) is 5.92 Å². The Labute approximate surface area is 78.7 Å². The van der Waals surface area contributed by atoms with Crippen LogP contribution in [0.5, 0.6) is 0 Å². The van der Waals surface area contributed by atoms with E-state index in [1.165, 1.54) is 0 Å². The third kappa shape index (κ3) is 3.46. The van der Waals surface area contributed by atoms with Gasteiger partial charge in [-0.3, -0.25) is 0 Å². The highest BCUT2D eigenvalue weighted by molar-refractivity contribution is 5.19. The molecular weight excluding hydrogens is 166 g/mol. The molecule has 0 saturated carbocycles. The van der Waals surface area contributed by atoms with Crippen molar-refractivity contribution in [3.8, 4) is 0 Å². The van der Waals surface area contributed by atoms with Crippen LogP contribution < -0.4 is 10.6 Å². The first kappa shape index (κ1) is 10.1. The highest BCUT2D eigenvalue weighted by atomic mass is 16.4. The molecule has 1 aromatic heterocycles. The van der Waals surface area contributed by atoms with E-state index in [9.17, 15) is 0 Å². The summed E-state index contributed by atoms with van der Waals surface area (Å²) in [5, 5.41) is 6.13. The third-order valence-electron chi connectivity index (χ3n) is 1.62. The molecule has 0 aliphatic heterocycles. The zero-order valence-corrected chi connectivity index (χ0v) is 8.42. The molecule has 0 saturated heterocycles. The van der Waals surface area contributed by atoms with Crippen molar-refractivity contribution >= 4 is 6.01 Å². The Hall–Kier alpha value is -1.03. The Morgan fingerprint density at radius 2 is 2.31 bits per heavy atom. The molecule has 0 aromatic carbocycles. The average Bonchev–Trinajstić information content (AvgIpc) is 2.52. The SMILES string of the molecule is CNc1nc(CNCC(C)C)co1. The van der Waals surface area contributed by atoms with Crippen molar-refractivity contribution in [2.75, 3.05) is 18.9 Å². The number of anilines is 1. The van der Waals surface area contributed by atoms with Gasteiger partial charge in [0.05, 0.1) is 5.69 Å². The maximum Gasteiger partial charge on any atom is 0.294 e. The van der Waals surface area contributed by atoms with Gasteiger partial charge in [0, 0.05) is 13.6 Å². The fourth-order valence-electron chi connectivity index (χ4n) is 0.992. The molecule has 13 heavy (non-hydrogen) atoms. The Kier molecular flexibility index (Phi) is 3.76. The minimum atomic E-state index is 0.571. The van der Waals surface area contributed by atoms with Crippen LogP contribution in [-0.4, -0.2) is 18.6 Å². The lowest BCUT2D eigenvalue weighted by Gasteiger charge is -2.04. The van der Waals surface area contributed by atoms with Gasteiger partial charge in [-0.15, -0.1) is 0 Å². The normalized spacial score (nSPS) is 10.8. The smallest absolute Gasteiger partial charge is 0.294 e. The van der Waals surface area contributed by atoms with Crippen LogP contribution in [0.3, 0.4) is 0 Å². The molecule has 0 aliphatic carbocycles. The summed E-state index contributed by atoms with van der Waals surface area (Å²) in [7, 11) is 1.79. The van der Waals surface area contributed by atoms with Crippen molar-refractivity contribution in [1.82, 2.24) is 10.3 Å². The van der Waals surface area contributed by atoms with Gasteiger partial charge in [0.25, 0.3) is 6.01 Å². The highest BCUT2D eigenvalue weighted by Gasteiger charge is 2.01. The first-order valence-electron chi connectivity index (χ1n) is 4.55. The molecule has 0 radical (unpaired) electrons. The van der Waals surface area contributed by atoms with Crippen LogP contribution in [0.1, 0.15) is 19.5 Å². The number of nitrogens with zero attached hydrogens (tertiary/aromatic N) is 1. The molecule has 1 aromatic rings. The molecule has 0 spiro atoms. The number of rotatable bonds is 5. The lowest BCUT2D eigenvalue weighted by Crippen LogP contribution is -2.19. The molecule has 0 bridgehead atoms. The quantitative estimate of drug-likeness (QED) is 0.725. The second-order valence-corrected chi connectivity index (χ2v) is 3.42. The summed E-state index contributed by atoms with van der Waals surface area (Å²) in [6.45, 7) is 6.12. The molecule has 74 valence electrons. The van der Waals surface area contributed by atoms with Gasteiger partial charge >= 0.3 is 0 Å². The van der Waals surface area contributed by atoms with E-state index < -0.39 is 0 Å². The van der Waals surface area contributed by atoms with Crippen LogP contribution in [0, 0.1) is 5.92 Å². The molecule has 2 N–H and O–H groups in total. The lowest BCUT2D eigenvalue weighted by atomic mass is 10.2. The molecule has 0 atom stereocenters. The standard InChI is InChI=1S/C9H17N3O/c1-7(2)4-11-5-8-6-13-9(10-3)12-8/h6-7,11H,4-5H2,1-3H3,(H,10,12). The van der Waals surface area contributed by atoms with E-state index in [4.69, 9.17) is 4.42 Å². The van der Waals surface area contributed by atoms with Crippen LogP contribution in [0.2, 0.25) is 0 Å². The largest absolute Gasteiger partial charge is 0.432 e. The van der Waals surface area contributed by atoms with E-state index in [2.05, 4.69) is 29.5 Å². The number of hydrogen-bond acceptors (Lipinski definition) is 4. The molecule has 0 aliphatic rings. The van der Waals surface area contributed by atoms with Crippen molar-refractivity contribution in [2.45, 2.75) is 20.4 Å². The van der Waals surface area contributed by atoms with Crippen molar-refractivity contribution in [3.63, 3.8) is 0 Å². The minimum absolute atomic E-state index is 0.571. The van der Waals surface area contributed by atoms with Crippen molar-refractivity contribution in [3.05, 3.63) is 12.0 Å². The number of oxazole rings is 1. The van der Waals surface area contributed by atoms with E-state index in [-0.39, 0.29) is 0 Å². The second-order valence-electron chi connectivity index (χ2n) is 3.42. The lowest BCUT2D eigenvalue weighted by molar-refractivity contribution is 0.542. The van der Waals surface area contributed by atoms with Gasteiger partial charge < -0.3 is 15.1 Å². The average molecular weight is 183 g/mol. The summed E-state index contributed by atoms with van der Waals surface area (Å²) in [5.74, 6) is 0.663. The fourth-order valence-corrected chi connectivity index (χ4v) is 0.992. The first-order valence-corrected chi connectivity index (χ1v) is 4.55. The van der Waals surface area contributed by atoms with Crippen LogP contribution in [0.15, 0.2) is 10.7 Å². The Balaban J connectivity index is 2.28. The van der Waals surface area contributed by atoms with E-state index in [1.807, 2.05) is 0 Å². The van der Waals surface area contributed by atoms with Crippen LogP contribution in [0.25, 0.3) is 0 Å². The summed E-state index contributed by atoms with van der Waals surface area (Å²) in [6, 6.07) is 0.571. The summed E-state index contributed by atoms with van der Waals surface area (Å²) in [5.41, 5.74) is 0.935. The summed E-state index contributed by atoms with van der Waals surface area (Å²) >= 11 is 0. The molecule has 4 nitrogen and oxygen atoms in total. The maximum absolute atomic E-state index is 5.11. The van der Waals surface area contributed by atoms with Crippen molar-refractivity contribution in [1.29, 1.82) is 0 Å². The third-order valence-corrected chi connectivity index (χ3v) is 1.62. The van der Waals surface area contributed by atoms with Gasteiger partial charge in [0.2, 0.25) is 0 Å². The number of nitrogens with one attached hydrogen (secondary N) is 2. The molecule has 4 heteroatoms. The highest BCUT2D eigenvalue weighted by Crippen LogP contribution is 2.05. The van der Waals surface area contributed by atoms with Crippen LogP contribution in [0.4, 0.5) is 6.01 Å². The number of hydrogen-bond donors (Lipinski definition) is 2. The molecule has 0 amide bonds. The zero-order chi connectivity index (χ0) is 9.68. The Morgan fingerprint density at radius 3 is 2.85 bits per heavy atom. The van der Waals surface area contributed by atoms with E-state index in [0.717, 1.165) is 18.8 Å². The van der Waals surface area contributed by atoms with Gasteiger partial charge in [-0.2, -0.15) is 4.98 Å². The second kappa shape index (κ2) is 4.87. The Bertz CT molecular complexity index is 245. The zero-order valence-electron chi connectivity index (χ0n) is 8.42. The number of aromatic nitrogens is 1. The van der Waals surface area contributed by atoms with E-state index in [1.54, 1.807) is 13.3 Å².